The predicted molar refractivity (Wildman–Crippen MR) is 96.4 cm³/mol. The van der Waals surface area contributed by atoms with E-state index < -0.39 is 0 Å². The maximum Gasteiger partial charge on any atom is 0.162 e. The molecule has 0 aliphatic heterocycles. The van der Waals surface area contributed by atoms with Crippen LogP contribution in [0.3, 0.4) is 0 Å². The highest BCUT2D eigenvalue weighted by Crippen LogP contribution is 2.32. The van der Waals surface area contributed by atoms with E-state index >= 15 is 0 Å². The number of carbonyl (C=O) groups is 1. The number of rotatable bonds is 7. The SMILES string of the molecule is CCCc1cc(C(=O)CC)ccc1-c1cc(OC)ccc1CC. The van der Waals surface area contributed by atoms with Crippen molar-refractivity contribution in [2.45, 2.75) is 46.5 Å². The Labute approximate surface area is 139 Å². The lowest BCUT2D eigenvalue weighted by atomic mass is 9.90. The van der Waals surface area contributed by atoms with Gasteiger partial charge in [-0.15, -0.1) is 0 Å². The molecule has 23 heavy (non-hydrogen) atoms. The van der Waals surface area contributed by atoms with Gasteiger partial charge in [0.05, 0.1) is 7.11 Å². The van der Waals surface area contributed by atoms with Crippen molar-refractivity contribution in [3.63, 3.8) is 0 Å². The van der Waals surface area contributed by atoms with E-state index in [2.05, 4.69) is 38.1 Å². The standard InChI is InChI=1S/C21H26O2/c1-5-8-16-13-17(21(22)7-3)10-12-19(16)20-14-18(23-4)11-9-15(20)6-2/h9-14H,5-8H2,1-4H3. The molecule has 0 radical (unpaired) electrons. The first-order valence-corrected chi connectivity index (χ1v) is 8.47. The molecule has 0 bridgehead atoms. The maximum absolute atomic E-state index is 12.0. The number of hydrogen-bond acceptors (Lipinski definition) is 2. The van der Waals surface area contributed by atoms with Crippen LogP contribution in [-0.4, -0.2) is 12.9 Å². The summed E-state index contributed by atoms with van der Waals surface area (Å²) < 4.78 is 5.40. The van der Waals surface area contributed by atoms with Crippen LogP contribution in [0, 0.1) is 0 Å². The minimum absolute atomic E-state index is 0.204. The third-order valence-corrected chi connectivity index (χ3v) is 4.26. The van der Waals surface area contributed by atoms with Crippen LogP contribution >= 0.6 is 0 Å². The van der Waals surface area contributed by atoms with Gasteiger partial charge in [0, 0.05) is 12.0 Å². The molecule has 2 aromatic rings. The van der Waals surface area contributed by atoms with Crippen molar-refractivity contribution in [2.75, 3.05) is 7.11 Å². The molecule has 122 valence electrons. The first kappa shape index (κ1) is 17.3. The molecular weight excluding hydrogens is 284 g/mol. The van der Waals surface area contributed by atoms with Gasteiger partial charge in [0.2, 0.25) is 0 Å². The second-order valence-electron chi connectivity index (χ2n) is 5.78. The van der Waals surface area contributed by atoms with Gasteiger partial charge in [-0.1, -0.05) is 45.4 Å². The number of aryl methyl sites for hydroxylation is 2. The number of methoxy groups -OCH3 is 1. The van der Waals surface area contributed by atoms with Crippen molar-refractivity contribution in [3.8, 4) is 16.9 Å². The highest BCUT2D eigenvalue weighted by atomic mass is 16.5. The molecule has 0 unspecified atom stereocenters. The van der Waals surface area contributed by atoms with Gasteiger partial charge >= 0.3 is 0 Å². The van der Waals surface area contributed by atoms with Crippen molar-refractivity contribution in [3.05, 3.63) is 53.1 Å². The summed E-state index contributed by atoms with van der Waals surface area (Å²) in [6.45, 7) is 6.25. The van der Waals surface area contributed by atoms with Crippen molar-refractivity contribution in [1.29, 1.82) is 0 Å². The molecule has 0 aromatic heterocycles. The Bertz CT molecular complexity index is 686. The Morgan fingerprint density at radius 2 is 1.74 bits per heavy atom. The molecule has 0 aliphatic carbocycles. The van der Waals surface area contributed by atoms with Gasteiger partial charge in [-0.25, -0.2) is 0 Å². The minimum Gasteiger partial charge on any atom is -0.497 e. The second kappa shape index (κ2) is 7.96. The van der Waals surface area contributed by atoms with Gasteiger partial charge in [-0.05, 0) is 53.3 Å². The first-order chi connectivity index (χ1) is 11.1. The predicted octanol–water partition coefficient (Wildman–Crippen LogP) is 5.47. The van der Waals surface area contributed by atoms with Crippen molar-refractivity contribution < 1.29 is 9.53 Å². The smallest absolute Gasteiger partial charge is 0.162 e. The Balaban J connectivity index is 2.60. The van der Waals surface area contributed by atoms with Crippen molar-refractivity contribution in [2.24, 2.45) is 0 Å². The molecule has 2 nitrogen and oxygen atoms in total. The molecule has 0 amide bonds. The molecule has 0 heterocycles. The number of hydrogen-bond donors (Lipinski definition) is 0. The zero-order valence-corrected chi connectivity index (χ0v) is 14.6. The lowest BCUT2D eigenvalue weighted by Crippen LogP contribution is -2.01. The molecule has 0 N–H and O–H groups in total. The number of ketones is 1. The van der Waals surface area contributed by atoms with E-state index in [0.29, 0.717) is 6.42 Å². The summed E-state index contributed by atoms with van der Waals surface area (Å²) in [4.78, 5) is 12.0. The molecular formula is C21H26O2. The summed E-state index contributed by atoms with van der Waals surface area (Å²) in [6, 6.07) is 12.4. The van der Waals surface area contributed by atoms with E-state index in [1.54, 1.807) is 7.11 Å². The van der Waals surface area contributed by atoms with Crippen LogP contribution < -0.4 is 4.74 Å². The normalized spacial score (nSPS) is 10.6. The average molecular weight is 310 g/mol. The number of benzene rings is 2. The monoisotopic (exact) mass is 310 g/mol. The summed E-state index contributed by atoms with van der Waals surface area (Å²) in [6.07, 6.45) is 3.55. The van der Waals surface area contributed by atoms with Crippen LogP contribution in [0.5, 0.6) is 5.75 Å². The topological polar surface area (TPSA) is 26.3 Å². The lowest BCUT2D eigenvalue weighted by molar-refractivity contribution is 0.0988. The molecule has 0 atom stereocenters. The van der Waals surface area contributed by atoms with Gasteiger partial charge in [0.1, 0.15) is 5.75 Å². The van der Waals surface area contributed by atoms with Crippen LogP contribution in [0.1, 0.15) is 55.1 Å². The molecule has 0 aliphatic rings. The summed E-state index contributed by atoms with van der Waals surface area (Å²) in [5, 5.41) is 0. The van der Waals surface area contributed by atoms with Gasteiger partial charge in [-0.2, -0.15) is 0 Å². The molecule has 2 heteroatoms. The fourth-order valence-electron chi connectivity index (χ4n) is 2.95. The first-order valence-electron chi connectivity index (χ1n) is 8.47. The summed E-state index contributed by atoms with van der Waals surface area (Å²) >= 11 is 0. The summed E-state index contributed by atoms with van der Waals surface area (Å²) in [5.41, 5.74) is 5.80. The van der Waals surface area contributed by atoms with Crippen molar-refractivity contribution in [1.82, 2.24) is 0 Å². The van der Waals surface area contributed by atoms with Gasteiger partial charge in [-0.3, -0.25) is 4.79 Å². The van der Waals surface area contributed by atoms with Crippen LogP contribution in [0.15, 0.2) is 36.4 Å². The largest absolute Gasteiger partial charge is 0.497 e. The summed E-state index contributed by atoms with van der Waals surface area (Å²) in [7, 11) is 1.70. The molecule has 2 aromatic carbocycles. The zero-order valence-electron chi connectivity index (χ0n) is 14.6. The van der Waals surface area contributed by atoms with E-state index in [1.165, 1.54) is 22.3 Å². The van der Waals surface area contributed by atoms with Crippen LogP contribution in [0.2, 0.25) is 0 Å². The third-order valence-electron chi connectivity index (χ3n) is 4.26. The molecule has 0 saturated heterocycles. The maximum atomic E-state index is 12.0. The molecule has 0 spiro atoms. The molecule has 0 fully saturated rings. The minimum atomic E-state index is 0.204. The number of ether oxygens (including phenoxy) is 1. The Morgan fingerprint density at radius 1 is 0.957 bits per heavy atom. The van der Waals surface area contributed by atoms with Gasteiger partial charge < -0.3 is 4.74 Å². The van der Waals surface area contributed by atoms with E-state index in [1.807, 2.05) is 19.1 Å². The zero-order chi connectivity index (χ0) is 16.8. The lowest BCUT2D eigenvalue weighted by Gasteiger charge is -2.15. The third kappa shape index (κ3) is 3.82. The average Bonchev–Trinajstić information content (AvgIpc) is 2.60. The quantitative estimate of drug-likeness (QED) is 0.634. The van der Waals surface area contributed by atoms with Crippen molar-refractivity contribution >= 4 is 5.78 Å². The van der Waals surface area contributed by atoms with Gasteiger partial charge in [0.25, 0.3) is 0 Å². The van der Waals surface area contributed by atoms with E-state index in [9.17, 15) is 4.79 Å². The second-order valence-corrected chi connectivity index (χ2v) is 5.78. The highest BCUT2D eigenvalue weighted by molar-refractivity contribution is 5.96. The van der Waals surface area contributed by atoms with Gasteiger partial charge in [0.15, 0.2) is 5.78 Å². The highest BCUT2D eigenvalue weighted by Gasteiger charge is 2.13. The Kier molecular flexibility index (Phi) is 5.97. The van der Waals surface area contributed by atoms with Crippen LogP contribution in [0.25, 0.3) is 11.1 Å². The van der Waals surface area contributed by atoms with E-state index in [4.69, 9.17) is 4.74 Å². The number of carbonyl (C=O) groups excluding carboxylic acids is 1. The van der Waals surface area contributed by atoms with E-state index in [-0.39, 0.29) is 5.78 Å². The van der Waals surface area contributed by atoms with Crippen LogP contribution in [-0.2, 0) is 12.8 Å². The van der Waals surface area contributed by atoms with Crippen LogP contribution in [0.4, 0.5) is 0 Å². The molecule has 0 saturated carbocycles. The fraction of sp³-hybridized carbons (Fsp3) is 0.381. The fourth-order valence-corrected chi connectivity index (χ4v) is 2.95. The Morgan fingerprint density at radius 3 is 2.35 bits per heavy atom. The van der Waals surface area contributed by atoms with E-state index in [0.717, 1.165) is 30.6 Å². The summed E-state index contributed by atoms with van der Waals surface area (Å²) in [5.74, 6) is 1.07. The number of Topliss-reactive ketones (excluding diaryl/α,β-unsaturated/α-hetero) is 1. The Hall–Kier alpha value is -2.09. The molecule has 2 rings (SSSR count).